The number of fused-ring (bicyclic) bond motifs is 1. The highest BCUT2D eigenvalue weighted by atomic mass is 32.1. The molecule has 0 unspecified atom stereocenters. The number of thiazole rings is 1. The van der Waals surface area contributed by atoms with Crippen LogP contribution in [0.3, 0.4) is 0 Å². The van der Waals surface area contributed by atoms with E-state index in [0.29, 0.717) is 15.7 Å². The summed E-state index contributed by atoms with van der Waals surface area (Å²) < 4.78 is 0. The molecule has 5 rings (SSSR count). The molecule has 162 valence electrons. The number of nitrogens with zero attached hydrogens (tertiary/aromatic N) is 5. The molecule has 0 atom stereocenters. The van der Waals surface area contributed by atoms with E-state index < -0.39 is 0 Å². The number of nitriles is 1. The summed E-state index contributed by atoms with van der Waals surface area (Å²) in [6.45, 7) is 0. The topological polar surface area (TPSA) is 85.8 Å². The average Bonchev–Trinajstić information content (AvgIpc) is 3.33. The summed E-state index contributed by atoms with van der Waals surface area (Å²) in [5.41, 5.74) is 6.18. The Morgan fingerprint density at radius 2 is 1.50 bits per heavy atom. The van der Waals surface area contributed by atoms with Gasteiger partial charge in [-0.2, -0.15) is 10.4 Å². The lowest BCUT2D eigenvalue weighted by Crippen LogP contribution is -2.01. The first-order chi connectivity index (χ1) is 16.8. The molecule has 0 bridgehead atoms. The van der Waals surface area contributed by atoms with Gasteiger partial charge in [0.25, 0.3) is 0 Å². The molecule has 0 radical (unpaired) electrons. The second-order valence-corrected chi connectivity index (χ2v) is 8.30. The van der Waals surface area contributed by atoms with Gasteiger partial charge >= 0.3 is 0 Å². The van der Waals surface area contributed by atoms with Crippen LogP contribution >= 0.6 is 11.3 Å². The normalized spacial score (nSPS) is 11.6. The summed E-state index contributed by atoms with van der Waals surface area (Å²) >= 11 is 1.28. The largest absolute Gasteiger partial charge is 0.277 e. The number of hydrogen-bond donors (Lipinski definition) is 1. The van der Waals surface area contributed by atoms with Crippen molar-refractivity contribution in [2.45, 2.75) is 0 Å². The summed E-state index contributed by atoms with van der Waals surface area (Å²) in [6.07, 6.45) is 0. The van der Waals surface area contributed by atoms with Crippen molar-refractivity contribution in [2.24, 2.45) is 15.3 Å². The summed E-state index contributed by atoms with van der Waals surface area (Å²) in [5.74, 6) is 0. The van der Waals surface area contributed by atoms with Crippen LogP contribution in [0.15, 0.2) is 118 Å². The zero-order valence-corrected chi connectivity index (χ0v) is 18.8. The summed E-state index contributed by atoms with van der Waals surface area (Å²) in [5, 5.41) is 26.2. The highest BCUT2D eigenvalue weighted by Crippen LogP contribution is 2.38. The third kappa shape index (κ3) is 4.72. The van der Waals surface area contributed by atoms with Crippen LogP contribution in [0, 0.1) is 11.3 Å². The monoisotopic (exact) mass is 458 g/mol. The van der Waals surface area contributed by atoms with Crippen molar-refractivity contribution in [3.63, 3.8) is 0 Å². The third-order valence-corrected chi connectivity index (χ3v) is 5.97. The van der Waals surface area contributed by atoms with E-state index in [-0.39, 0.29) is 5.71 Å². The molecule has 1 aromatic heterocycles. The summed E-state index contributed by atoms with van der Waals surface area (Å²) in [4.78, 5) is 4.75. The van der Waals surface area contributed by atoms with E-state index in [0.717, 1.165) is 27.7 Å². The van der Waals surface area contributed by atoms with Crippen molar-refractivity contribution in [3.05, 3.63) is 108 Å². The van der Waals surface area contributed by atoms with Crippen LogP contribution in [0.2, 0.25) is 0 Å². The van der Waals surface area contributed by atoms with Crippen LogP contribution in [0.5, 0.6) is 0 Å². The molecule has 5 aromatic rings. The zero-order chi connectivity index (χ0) is 23.2. The Hall–Kier alpha value is -4.67. The maximum absolute atomic E-state index is 9.77. The van der Waals surface area contributed by atoms with Gasteiger partial charge in [0.1, 0.15) is 11.8 Å². The predicted octanol–water partition coefficient (Wildman–Crippen LogP) is 7.72. The minimum absolute atomic E-state index is 0.178. The van der Waals surface area contributed by atoms with E-state index in [4.69, 9.17) is 4.98 Å². The smallest absolute Gasteiger partial charge is 0.196 e. The van der Waals surface area contributed by atoms with Gasteiger partial charge in [-0.15, -0.1) is 10.2 Å². The molecule has 0 spiro atoms. The maximum Gasteiger partial charge on any atom is 0.196 e. The van der Waals surface area contributed by atoms with Crippen LogP contribution in [0.1, 0.15) is 5.01 Å². The van der Waals surface area contributed by atoms with E-state index in [1.165, 1.54) is 11.3 Å². The first-order valence-corrected chi connectivity index (χ1v) is 11.4. The quantitative estimate of drug-likeness (QED) is 0.160. The number of hydrazone groups is 1. The fourth-order valence-electron chi connectivity index (χ4n) is 3.36. The Bertz CT molecular complexity index is 1530. The van der Waals surface area contributed by atoms with Gasteiger partial charge in [0.05, 0.1) is 11.4 Å². The molecular formula is C27H18N6S. The van der Waals surface area contributed by atoms with E-state index in [9.17, 15) is 5.26 Å². The number of anilines is 1. The van der Waals surface area contributed by atoms with Gasteiger partial charge in [-0.1, -0.05) is 84.1 Å². The SMILES string of the molecule is N#C/C(=N\Nc1ccccc1)c1nc(-c2ccc3ccccc3c2)c(N=Nc2ccccc2)s1. The van der Waals surface area contributed by atoms with Crippen molar-refractivity contribution in [2.75, 3.05) is 5.43 Å². The molecule has 7 heteroatoms. The molecule has 0 aliphatic carbocycles. The molecule has 4 aromatic carbocycles. The molecule has 0 amide bonds. The fraction of sp³-hybridized carbons (Fsp3) is 0. The molecular weight excluding hydrogens is 440 g/mol. The van der Waals surface area contributed by atoms with Gasteiger partial charge in [-0.25, -0.2) is 4.98 Å². The third-order valence-electron chi connectivity index (χ3n) is 5.02. The van der Waals surface area contributed by atoms with Crippen molar-refractivity contribution < 1.29 is 0 Å². The first kappa shape index (κ1) is 21.2. The van der Waals surface area contributed by atoms with Crippen LogP contribution in [-0.4, -0.2) is 10.7 Å². The number of para-hydroxylation sites is 1. The Kier molecular flexibility index (Phi) is 6.14. The predicted molar refractivity (Wildman–Crippen MR) is 138 cm³/mol. The summed E-state index contributed by atoms with van der Waals surface area (Å²) in [6, 6.07) is 35.4. The van der Waals surface area contributed by atoms with Crippen LogP contribution in [-0.2, 0) is 0 Å². The van der Waals surface area contributed by atoms with Gasteiger partial charge < -0.3 is 0 Å². The average molecular weight is 459 g/mol. The highest BCUT2D eigenvalue weighted by Gasteiger charge is 2.18. The second-order valence-electron chi connectivity index (χ2n) is 7.32. The van der Waals surface area contributed by atoms with Crippen molar-refractivity contribution in [3.8, 4) is 17.3 Å². The number of hydrogen-bond acceptors (Lipinski definition) is 7. The number of benzene rings is 4. The van der Waals surface area contributed by atoms with Crippen molar-refractivity contribution in [1.82, 2.24) is 4.98 Å². The van der Waals surface area contributed by atoms with Gasteiger partial charge in [-0.3, -0.25) is 5.43 Å². The number of rotatable bonds is 6. The summed E-state index contributed by atoms with van der Waals surface area (Å²) in [7, 11) is 0. The highest BCUT2D eigenvalue weighted by molar-refractivity contribution is 7.18. The van der Waals surface area contributed by atoms with Gasteiger partial charge in [0.15, 0.2) is 15.7 Å². The van der Waals surface area contributed by atoms with Crippen LogP contribution in [0.25, 0.3) is 22.0 Å². The molecule has 0 fully saturated rings. The lowest BCUT2D eigenvalue weighted by molar-refractivity contribution is 1.24. The van der Waals surface area contributed by atoms with Crippen molar-refractivity contribution in [1.29, 1.82) is 5.26 Å². The minimum Gasteiger partial charge on any atom is -0.277 e. The van der Waals surface area contributed by atoms with Crippen LogP contribution < -0.4 is 5.43 Å². The van der Waals surface area contributed by atoms with E-state index in [1.807, 2.05) is 78.9 Å². The van der Waals surface area contributed by atoms with Gasteiger partial charge in [0, 0.05) is 5.56 Å². The number of azo groups is 1. The molecule has 34 heavy (non-hydrogen) atoms. The van der Waals surface area contributed by atoms with Gasteiger partial charge in [0.2, 0.25) is 0 Å². The first-order valence-electron chi connectivity index (χ1n) is 10.6. The maximum atomic E-state index is 9.77. The van der Waals surface area contributed by atoms with Crippen molar-refractivity contribution >= 4 is 44.2 Å². The fourth-order valence-corrected chi connectivity index (χ4v) is 4.21. The Morgan fingerprint density at radius 3 is 2.26 bits per heavy atom. The van der Waals surface area contributed by atoms with E-state index in [2.05, 4.69) is 51.1 Å². The second kappa shape index (κ2) is 9.86. The van der Waals surface area contributed by atoms with E-state index >= 15 is 0 Å². The molecule has 0 aliphatic heterocycles. The van der Waals surface area contributed by atoms with E-state index in [1.54, 1.807) is 0 Å². The molecule has 0 saturated heterocycles. The standard InChI is InChI=1S/C27H18N6S/c28-18-24(32-30-22-11-3-1-4-12-22)26-29-25(21-16-15-19-9-7-8-10-20(19)17-21)27(34-26)33-31-23-13-5-2-6-14-23/h1-17,30H/b32-24+,33-31?. The molecule has 1 heterocycles. The number of aromatic nitrogens is 1. The molecule has 0 aliphatic rings. The molecule has 0 saturated carbocycles. The Balaban J connectivity index is 1.57. The lowest BCUT2D eigenvalue weighted by Gasteiger charge is -2.02. The number of nitrogens with one attached hydrogen (secondary N) is 1. The zero-order valence-electron chi connectivity index (χ0n) is 18.0. The van der Waals surface area contributed by atoms with Gasteiger partial charge in [-0.05, 0) is 41.1 Å². The Labute approximate surface area is 200 Å². The lowest BCUT2D eigenvalue weighted by atomic mass is 10.1. The molecule has 1 N–H and O–H groups in total. The molecule has 6 nitrogen and oxygen atoms in total. The Morgan fingerprint density at radius 1 is 0.794 bits per heavy atom. The minimum atomic E-state index is 0.178. The van der Waals surface area contributed by atoms with Crippen LogP contribution in [0.4, 0.5) is 16.4 Å².